The lowest BCUT2D eigenvalue weighted by molar-refractivity contribution is 0.0613. The van der Waals surface area contributed by atoms with Crippen molar-refractivity contribution in [2.24, 2.45) is 0 Å². The number of aromatic amines is 1. The second kappa shape index (κ2) is 9.66. The SMILES string of the molecule is COc1cc(Nc2ncc3c(n2)CN(C2CCN(C(=O)c4ccc5n[nH]nc5c4)CC2)C3)cc(OC)c1. The van der Waals surface area contributed by atoms with Gasteiger partial charge in [-0.3, -0.25) is 9.69 Å². The molecule has 0 atom stereocenters. The normalized spacial score (nSPS) is 16.1. The number of amides is 1. The van der Waals surface area contributed by atoms with E-state index in [9.17, 15) is 4.79 Å². The average molecular weight is 501 g/mol. The van der Waals surface area contributed by atoms with Crippen molar-refractivity contribution in [2.45, 2.75) is 32.0 Å². The number of hydrogen-bond acceptors (Lipinski definition) is 9. The van der Waals surface area contributed by atoms with Crippen LogP contribution in [0.15, 0.2) is 42.6 Å². The van der Waals surface area contributed by atoms with Gasteiger partial charge in [-0.05, 0) is 31.0 Å². The molecule has 4 heterocycles. The van der Waals surface area contributed by atoms with Crippen LogP contribution in [0.2, 0.25) is 0 Å². The zero-order chi connectivity index (χ0) is 25.4. The Labute approximate surface area is 213 Å². The highest BCUT2D eigenvalue weighted by Gasteiger charge is 2.31. The van der Waals surface area contributed by atoms with Gasteiger partial charge in [0.15, 0.2) is 0 Å². The van der Waals surface area contributed by atoms with Crippen molar-refractivity contribution in [3.63, 3.8) is 0 Å². The number of likely N-dealkylation sites (tertiary alicyclic amines) is 1. The summed E-state index contributed by atoms with van der Waals surface area (Å²) < 4.78 is 10.7. The van der Waals surface area contributed by atoms with Crippen molar-refractivity contribution in [1.29, 1.82) is 0 Å². The third-order valence-electron chi connectivity index (χ3n) is 7.12. The van der Waals surface area contributed by atoms with Crippen molar-refractivity contribution in [1.82, 2.24) is 35.2 Å². The number of aromatic nitrogens is 5. The number of methoxy groups -OCH3 is 2. The number of nitrogens with one attached hydrogen (secondary N) is 2. The van der Waals surface area contributed by atoms with Gasteiger partial charge in [0, 0.05) is 73.4 Å². The van der Waals surface area contributed by atoms with E-state index < -0.39 is 0 Å². The topological polar surface area (TPSA) is 121 Å². The second-order valence-corrected chi connectivity index (χ2v) is 9.35. The Bertz CT molecular complexity index is 1420. The molecule has 190 valence electrons. The number of fused-ring (bicyclic) bond motifs is 2. The van der Waals surface area contributed by atoms with Crippen molar-refractivity contribution in [2.75, 3.05) is 32.6 Å². The lowest BCUT2D eigenvalue weighted by Crippen LogP contribution is -2.45. The van der Waals surface area contributed by atoms with Crippen LogP contribution in [0, 0.1) is 0 Å². The Hall–Kier alpha value is -4.25. The molecule has 0 bridgehead atoms. The number of H-pyrrole nitrogens is 1. The quantitative estimate of drug-likeness (QED) is 0.411. The first-order chi connectivity index (χ1) is 18.1. The average Bonchev–Trinajstić information content (AvgIpc) is 3.59. The predicted molar refractivity (Wildman–Crippen MR) is 137 cm³/mol. The lowest BCUT2D eigenvalue weighted by Gasteiger charge is -2.36. The summed E-state index contributed by atoms with van der Waals surface area (Å²) in [6.07, 6.45) is 3.75. The molecule has 0 spiro atoms. The number of anilines is 2. The minimum atomic E-state index is 0.0452. The summed E-state index contributed by atoms with van der Waals surface area (Å²) in [5, 5.41) is 14.0. The molecule has 2 N–H and O–H groups in total. The molecule has 6 rings (SSSR count). The largest absolute Gasteiger partial charge is 0.497 e. The molecule has 11 heteroatoms. The van der Waals surface area contributed by atoms with Gasteiger partial charge in [0.05, 0.1) is 19.9 Å². The Morgan fingerprint density at radius 2 is 1.76 bits per heavy atom. The van der Waals surface area contributed by atoms with Crippen LogP contribution in [0.25, 0.3) is 11.0 Å². The van der Waals surface area contributed by atoms with Crippen LogP contribution in [0.3, 0.4) is 0 Å². The van der Waals surface area contributed by atoms with E-state index in [1.165, 1.54) is 0 Å². The Balaban J connectivity index is 1.07. The van der Waals surface area contributed by atoms with Crippen LogP contribution in [-0.4, -0.2) is 74.4 Å². The maximum atomic E-state index is 13.1. The summed E-state index contributed by atoms with van der Waals surface area (Å²) in [6.45, 7) is 3.05. The molecule has 2 aliphatic rings. The molecule has 4 aromatic rings. The highest BCUT2D eigenvalue weighted by Crippen LogP contribution is 2.30. The Morgan fingerprint density at radius 3 is 2.51 bits per heavy atom. The Kier molecular flexibility index (Phi) is 6.05. The molecule has 2 aliphatic heterocycles. The fourth-order valence-corrected chi connectivity index (χ4v) is 5.10. The molecule has 37 heavy (non-hydrogen) atoms. The maximum Gasteiger partial charge on any atom is 0.253 e. The van der Waals surface area contributed by atoms with Crippen LogP contribution >= 0.6 is 0 Å². The van der Waals surface area contributed by atoms with Crippen LogP contribution < -0.4 is 14.8 Å². The van der Waals surface area contributed by atoms with Gasteiger partial charge in [-0.2, -0.15) is 15.4 Å². The minimum absolute atomic E-state index is 0.0452. The van der Waals surface area contributed by atoms with Crippen molar-refractivity contribution in [3.05, 3.63) is 59.4 Å². The zero-order valence-electron chi connectivity index (χ0n) is 20.8. The Morgan fingerprint density at radius 1 is 1.00 bits per heavy atom. The first-order valence-corrected chi connectivity index (χ1v) is 12.3. The van der Waals surface area contributed by atoms with Crippen LogP contribution in [0.4, 0.5) is 11.6 Å². The summed E-state index contributed by atoms with van der Waals surface area (Å²) in [7, 11) is 3.24. The van der Waals surface area contributed by atoms with Crippen LogP contribution in [-0.2, 0) is 13.1 Å². The molecular formula is C26H28N8O3. The summed E-state index contributed by atoms with van der Waals surface area (Å²) in [6, 6.07) is 11.4. The minimum Gasteiger partial charge on any atom is -0.497 e. The van der Waals surface area contributed by atoms with Gasteiger partial charge >= 0.3 is 0 Å². The molecule has 0 aliphatic carbocycles. The number of hydrogen-bond donors (Lipinski definition) is 2. The second-order valence-electron chi connectivity index (χ2n) is 9.35. The molecule has 1 amide bonds. The van der Waals surface area contributed by atoms with Crippen molar-refractivity contribution < 1.29 is 14.3 Å². The van der Waals surface area contributed by atoms with Gasteiger partial charge in [-0.15, -0.1) is 0 Å². The zero-order valence-corrected chi connectivity index (χ0v) is 20.8. The van der Waals surface area contributed by atoms with Crippen molar-refractivity contribution >= 4 is 28.6 Å². The molecule has 11 nitrogen and oxygen atoms in total. The molecular weight excluding hydrogens is 472 g/mol. The number of carbonyl (C=O) groups is 1. The predicted octanol–water partition coefficient (Wildman–Crippen LogP) is 3.13. The van der Waals surface area contributed by atoms with E-state index in [4.69, 9.17) is 14.5 Å². The van der Waals surface area contributed by atoms with E-state index in [0.717, 1.165) is 61.5 Å². The molecule has 1 fully saturated rings. The molecule has 1 saturated heterocycles. The van der Waals surface area contributed by atoms with Crippen LogP contribution in [0.5, 0.6) is 11.5 Å². The van der Waals surface area contributed by atoms with Gasteiger partial charge in [0.2, 0.25) is 5.95 Å². The van der Waals surface area contributed by atoms with E-state index >= 15 is 0 Å². The molecule has 2 aromatic heterocycles. The number of benzene rings is 2. The van der Waals surface area contributed by atoms with E-state index in [2.05, 4.69) is 30.6 Å². The molecule has 0 unspecified atom stereocenters. The summed E-state index contributed by atoms with van der Waals surface area (Å²) in [4.78, 5) is 26.7. The highest BCUT2D eigenvalue weighted by atomic mass is 16.5. The lowest BCUT2D eigenvalue weighted by atomic mass is 10.0. The number of rotatable bonds is 6. The summed E-state index contributed by atoms with van der Waals surface area (Å²) >= 11 is 0. The van der Waals surface area contributed by atoms with E-state index in [1.807, 2.05) is 41.4 Å². The summed E-state index contributed by atoms with van der Waals surface area (Å²) in [5.74, 6) is 1.97. The molecule has 0 saturated carbocycles. The monoisotopic (exact) mass is 500 g/mol. The smallest absolute Gasteiger partial charge is 0.253 e. The number of nitrogens with zero attached hydrogens (tertiary/aromatic N) is 6. The number of carbonyl (C=O) groups excluding carboxylic acids is 1. The maximum absolute atomic E-state index is 13.1. The third-order valence-corrected chi connectivity index (χ3v) is 7.12. The number of piperidine rings is 1. The number of ether oxygens (including phenoxy) is 2. The fourth-order valence-electron chi connectivity index (χ4n) is 5.10. The molecule has 0 radical (unpaired) electrons. The first-order valence-electron chi connectivity index (χ1n) is 12.3. The van der Waals surface area contributed by atoms with Gasteiger partial charge in [0.1, 0.15) is 22.5 Å². The van der Waals surface area contributed by atoms with Crippen LogP contribution in [0.1, 0.15) is 34.5 Å². The van der Waals surface area contributed by atoms with Gasteiger partial charge in [-0.1, -0.05) is 0 Å². The highest BCUT2D eigenvalue weighted by molar-refractivity contribution is 5.97. The van der Waals surface area contributed by atoms with Gasteiger partial charge in [0.25, 0.3) is 5.91 Å². The van der Waals surface area contributed by atoms with Gasteiger partial charge in [-0.25, -0.2) is 9.97 Å². The fraction of sp³-hybridized carbons (Fsp3) is 0.346. The van der Waals surface area contributed by atoms with Crippen molar-refractivity contribution in [3.8, 4) is 11.5 Å². The molecule has 2 aromatic carbocycles. The first kappa shape index (κ1) is 23.2. The third kappa shape index (κ3) is 4.65. The van der Waals surface area contributed by atoms with E-state index in [0.29, 0.717) is 34.6 Å². The van der Waals surface area contributed by atoms with E-state index in [-0.39, 0.29) is 5.91 Å². The summed E-state index contributed by atoms with van der Waals surface area (Å²) in [5.41, 5.74) is 5.09. The van der Waals surface area contributed by atoms with E-state index in [1.54, 1.807) is 20.3 Å². The van der Waals surface area contributed by atoms with Gasteiger partial charge < -0.3 is 19.7 Å². The standard InChI is InChI=1S/C26H28N8O3/c1-36-20-10-18(11-21(12-20)37-2)28-26-27-13-17-14-34(15-24(17)29-26)19-5-7-33(8-6-19)25(35)16-3-4-22-23(9-16)31-32-30-22/h3-4,9-13,19H,5-8,14-15H2,1-2H3,(H,27,28,29)(H,30,31,32).